The van der Waals surface area contributed by atoms with Crippen LogP contribution in [0.3, 0.4) is 0 Å². The molecule has 0 saturated carbocycles. The van der Waals surface area contributed by atoms with E-state index in [-0.39, 0.29) is 0 Å². The molecule has 0 N–H and O–H groups in total. The summed E-state index contributed by atoms with van der Waals surface area (Å²) in [7, 11) is 2.10. The third-order valence-electron chi connectivity index (χ3n) is 2.33. The van der Waals surface area contributed by atoms with Crippen molar-refractivity contribution in [3.63, 3.8) is 0 Å². The van der Waals surface area contributed by atoms with Gasteiger partial charge in [0.25, 0.3) is 0 Å². The molecule has 1 aromatic rings. The number of nitrogens with zero attached hydrogens (tertiary/aromatic N) is 1. The summed E-state index contributed by atoms with van der Waals surface area (Å²) in [5.41, 5.74) is 4.15. The Hall–Kier alpha value is -1.30. The second-order valence-corrected chi connectivity index (χ2v) is 3.51. The first kappa shape index (κ1) is 10.8. The molecule has 1 rings (SSSR count). The van der Waals surface area contributed by atoms with Gasteiger partial charge in [-0.1, -0.05) is 36.9 Å². The van der Waals surface area contributed by atoms with Crippen LogP contribution in [0, 0.1) is 0 Å². The monoisotopic (exact) mass is 187 g/mol. The summed E-state index contributed by atoms with van der Waals surface area (Å²) in [6.07, 6.45) is 1.98. The van der Waals surface area contributed by atoms with E-state index < -0.39 is 0 Å². The molecule has 0 aliphatic carbocycles. The largest absolute Gasteiger partial charge is 0.295 e. The van der Waals surface area contributed by atoms with E-state index in [2.05, 4.69) is 55.4 Å². The van der Waals surface area contributed by atoms with Crippen LogP contribution in [-0.4, -0.2) is 18.0 Å². The number of hydrogen-bond acceptors (Lipinski definition) is 1. The van der Waals surface area contributed by atoms with Gasteiger partial charge in [0, 0.05) is 12.6 Å². The Bertz CT molecular complexity index is 309. The van der Waals surface area contributed by atoms with Crippen molar-refractivity contribution in [2.24, 2.45) is 0 Å². The fourth-order valence-electron chi connectivity index (χ4n) is 1.31. The smallest absolute Gasteiger partial charge is 0.0324 e. The van der Waals surface area contributed by atoms with Gasteiger partial charge >= 0.3 is 0 Å². The van der Waals surface area contributed by atoms with Crippen molar-refractivity contribution < 1.29 is 0 Å². The van der Waals surface area contributed by atoms with Crippen LogP contribution in [-0.2, 0) is 6.54 Å². The van der Waals surface area contributed by atoms with Gasteiger partial charge in [-0.3, -0.25) is 4.90 Å². The molecule has 1 aromatic carbocycles. The maximum Gasteiger partial charge on any atom is 0.0324 e. The normalized spacial score (nSPS) is 12.2. The van der Waals surface area contributed by atoms with Gasteiger partial charge in [0.15, 0.2) is 0 Å². The maximum absolute atomic E-state index is 3.58. The van der Waals surface area contributed by atoms with Crippen LogP contribution in [0.25, 0.3) is 0 Å². The molecule has 0 fully saturated rings. The number of benzene rings is 1. The van der Waals surface area contributed by atoms with Crippen molar-refractivity contribution in [2.75, 3.05) is 7.05 Å². The SMILES string of the molecule is C=C=C[C@@H](C)N(C)Cc1ccccc1. The van der Waals surface area contributed by atoms with Gasteiger partial charge in [0.2, 0.25) is 0 Å². The molecule has 1 atom stereocenters. The molecule has 0 aliphatic heterocycles. The summed E-state index contributed by atoms with van der Waals surface area (Å²) in [6, 6.07) is 10.8. The van der Waals surface area contributed by atoms with Crippen LogP contribution in [0.2, 0.25) is 0 Å². The van der Waals surface area contributed by atoms with Crippen LogP contribution in [0.5, 0.6) is 0 Å². The van der Waals surface area contributed by atoms with Gasteiger partial charge in [0.05, 0.1) is 0 Å². The lowest BCUT2D eigenvalue weighted by Gasteiger charge is -2.21. The van der Waals surface area contributed by atoms with Crippen LogP contribution >= 0.6 is 0 Å². The van der Waals surface area contributed by atoms with E-state index in [1.54, 1.807) is 0 Å². The van der Waals surface area contributed by atoms with Gasteiger partial charge in [-0.25, -0.2) is 0 Å². The molecule has 1 heteroatoms. The predicted molar refractivity (Wildman–Crippen MR) is 61.1 cm³/mol. The molecular formula is C13H17N. The minimum Gasteiger partial charge on any atom is -0.295 e. The summed E-state index contributed by atoms with van der Waals surface area (Å²) in [5, 5.41) is 0. The fourth-order valence-corrected chi connectivity index (χ4v) is 1.31. The van der Waals surface area contributed by atoms with Crippen LogP contribution in [0.15, 0.2) is 48.7 Å². The molecule has 0 radical (unpaired) electrons. The van der Waals surface area contributed by atoms with E-state index in [4.69, 9.17) is 0 Å². The molecule has 0 aliphatic rings. The van der Waals surface area contributed by atoms with E-state index in [0.29, 0.717) is 6.04 Å². The second kappa shape index (κ2) is 5.43. The minimum absolute atomic E-state index is 0.382. The van der Waals surface area contributed by atoms with Crippen LogP contribution in [0.1, 0.15) is 12.5 Å². The molecule has 0 amide bonds. The topological polar surface area (TPSA) is 3.24 Å². The van der Waals surface area contributed by atoms with Crippen molar-refractivity contribution >= 4 is 0 Å². The van der Waals surface area contributed by atoms with E-state index in [1.165, 1.54) is 5.56 Å². The molecule has 74 valence electrons. The van der Waals surface area contributed by atoms with E-state index in [9.17, 15) is 0 Å². The molecule has 14 heavy (non-hydrogen) atoms. The second-order valence-electron chi connectivity index (χ2n) is 3.51. The quantitative estimate of drug-likeness (QED) is 0.655. The third kappa shape index (κ3) is 3.21. The summed E-state index contributed by atoms with van der Waals surface area (Å²) < 4.78 is 0. The predicted octanol–water partition coefficient (Wildman–Crippen LogP) is 2.85. The molecule has 0 spiro atoms. The average Bonchev–Trinajstić information content (AvgIpc) is 2.19. The van der Waals surface area contributed by atoms with Crippen molar-refractivity contribution in [3.05, 3.63) is 54.3 Å². The molecular weight excluding hydrogens is 170 g/mol. The first-order chi connectivity index (χ1) is 6.74. The Kier molecular flexibility index (Phi) is 4.18. The maximum atomic E-state index is 3.58. The highest BCUT2D eigenvalue weighted by molar-refractivity contribution is 5.14. The zero-order valence-corrected chi connectivity index (χ0v) is 8.90. The van der Waals surface area contributed by atoms with Gasteiger partial charge in [0.1, 0.15) is 0 Å². The Balaban J connectivity index is 2.57. The van der Waals surface area contributed by atoms with Crippen molar-refractivity contribution in [1.29, 1.82) is 0 Å². The highest BCUT2D eigenvalue weighted by Crippen LogP contribution is 2.05. The van der Waals surface area contributed by atoms with E-state index >= 15 is 0 Å². The fraction of sp³-hybridized carbons (Fsp3) is 0.308. The van der Waals surface area contributed by atoms with Crippen molar-refractivity contribution in [3.8, 4) is 0 Å². The van der Waals surface area contributed by atoms with Crippen molar-refractivity contribution in [2.45, 2.75) is 19.5 Å². The van der Waals surface area contributed by atoms with Gasteiger partial charge in [-0.2, -0.15) is 0 Å². The minimum atomic E-state index is 0.382. The van der Waals surface area contributed by atoms with E-state index in [1.807, 2.05) is 12.1 Å². The Morgan fingerprint density at radius 1 is 1.43 bits per heavy atom. The first-order valence-electron chi connectivity index (χ1n) is 4.84. The summed E-state index contributed by atoms with van der Waals surface area (Å²) >= 11 is 0. The lowest BCUT2D eigenvalue weighted by molar-refractivity contribution is 0.289. The third-order valence-corrected chi connectivity index (χ3v) is 2.33. The Morgan fingerprint density at radius 2 is 2.07 bits per heavy atom. The summed E-state index contributed by atoms with van der Waals surface area (Å²) in [5.74, 6) is 0. The molecule has 1 nitrogen and oxygen atoms in total. The zero-order valence-electron chi connectivity index (χ0n) is 8.90. The number of likely N-dealkylation sites (N-methyl/N-ethyl adjacent to an activating group) is 1. The van der Waals surface area contributed by atoms with E-state index in [0.717, 1.165) is 6.54 Å². The average molecular weight is 187 g/mol. The molecule has 0 aromatic heterocycles. The molecule has 0 heterocycles. The number of rotatable bonds is 4. The first-order valence-corrected chi connectivity index (χ1v) is 4.84. The standard InChI is InChI=1S/C13H17N/c1-4-8-12(2)14(3)11-13-9-6-5-7-10-13/h5-10,12H,1,11H2,2-3H3/t12-/m1/s1. The van der Waals surface area contributed by atoms with Gasteiger partial charge < -0.3 is 0 Å². The zero-order chi connectivity index (χ0) is 10.4. The lowest BCUT2D eigenvalue weighted by Crippen LogP contribution is -2.26. The number of hydrogen-bond donors (Lipinski definition) is 0. The van der Waals surface area contributed by atoms with Crippen LogP contribution < -0.4 is 0 Å². The Labute approximate surface area is 86.4 Å². The molecule has 0 saturated heterocycles. The summed E-state index contributed by atoms with van der Waals surface area (Å²) in [4.78, 5) is 2.26. The van der Waals surface area contributed by atoms with Crippen LogP contribution in [0.4, 0.5) is 0 Å². The molecule has 0 unspecified atom stereocenters. The highest BCUT2D eigenvalue weighted by atomic mass is 15.1. The Morgan fingerprint density at radius 3 is 2.64 bits per heavy atom. The van der Waals surface area contributed by atoms with Gasteiger partial charge in [-0.05, 0) is 25.6 Å². The highest BCUT2D eigenvalue weighted by Gasteiger charge is 2.05. The van der Waals surface area contributed by atoms with Crippen molar-refractivity contribution in [1.82, 2.24) is 4.90 Å². The lowest BCUT2D eigenvalue weighted by atomic mass is 10.2. The molecule has 0 bridgehead atoms. The summed E-state index contributed by atoms with van der Waals surface area (Å²) in [6.45, 7) is 6.68. The van der Waals surface area contributed by atoms with Gasteiger partial charge in [-0.15, -0.1) is 5.73 Å².